The van der Waals surface area contributed by atoms with Crippen molar-refractivity contribution in [2.75, 3.05) is 37.5 Å². The molecule has 26 heavy (non-hydrogen) atoms. The van der Waals surface area contributed by atoms with Crippen molar-refractivity contribution in [3.8, 4) is 0 Å². The molecule has 1 saturated heterocycles. The molecule has 138 valence electrons. The number of nitrogens with one attached hydrogen (secondary N) is 2. The molecule has 0 bridgehead atoms. The van der Waals surface area contributed by atoms with E-state index in [4.69, 9.17) is 4.74 Å². The van der Waals surface area contributed by atoms with Crippen LogP contribution in [0.25, 0.3) is 0 Å². The quantitative estimate of drug-likeness (QED) is 0.827. The Kier molecular flexibility index (Phi) is 4.94. The van der Waals surface area contributed by atoms with E-state index in [1.807, 2.05) is 13.1 Å². The molecular weight excluding hydrogens is 330 g/mol. The van der Waals surface area contributed by atoms with Gasteiger partial charge in [0.05, 0.1) is 29.6 Å². The number of methoxy groups -OCH3 is 1. The minimum atomic E-state index is 0.102. The molecule has 1 aliphatic carbocycles. The lowest BCUT2D eigenvalue weighted by Gasteiger charge is -2.29. The molecule has 0 spiro atoms. The molecule has 2 N–H and O–H groups in total. The molecule has 3 heterocycles. The Hall–Kier alpha value is -2.32. The van der Waals surface area contributed by atoms with Crippen molar-refractivity contribution >= 4 is 11.8 Å². The molecule has 2 aromatic rings. The molecule has 2 aromatic heterocycles. The average molecular weight is 355 g/mol. The summed E-state index contributed by atoms with van der Waals surface area (Å²) in [5, 5.41) is 6.77. The van der Waals surface area contributed by atoms with E-state index in [1.165, 1.54) is 0 Å². The van der Waals surface area contributed by atoms with Crippen LogP contribution in [-0.4, -0.2) is 59.3 Å². The Labute approximate surface area is 153 Å². The molecule has 1 unspecified atom stereocenters. The predicted octanol–water partition coefficient (Wildman–Crippen LogP) is 1.18. The molecule has 2 aliphatic rings. The summed E-state index contributed by atoms with van der Waals surface area (Å²) in [6.07, 6.45) is 8.68. The molecule has 8 heteroatoms. The molecule has 3 atom stereocenters. The summed E-state index contributed by atoms with van der Waals surface area (Å²) >= 11 is 0. The zero-order valence-electron chi connectivity index (χ0n) is 15.2. The Morgan fingerprint density at radius 1 is 1.15 bits per heavy atom. The second-order valence-electron chi connectivity index (χ2n) is 6.77. The summed E-state index contributed by atoms with van der Waals surface area (Å²) in [5.74, 6) is 1.55. The number of aromatic nitrogens is 4. The van der Waals surface area contributed by atoms with Gasteiger partial charge in [-0.1, -0.05) is 0 Å². The number of rotatable bonds is 5. The van der Waals surface area contributed by atoms with Gasteiger partial charge in [-0.15, -0.1) is 0 Å². The number of nitrogens with zero attached hydrogens (tertiary/aromatic N) is 5. The van der Waals surface area contributed by atoms with Gasteiger partial charge in [-0.25, -0.2) is 4.98 Å². The van der Waals surface area contributed by atoms with Crippen LogP contribution in [0.15, 0.2) is 24.7 Å². The van der Waals surface area contributed by atoms with Gasteiger partial charge in [0.15, 0.2) is 0 Å². The number of hydrogen-bond donors (Lipinski definition) is 2. The number of anilines is 2. The molecule has 0 aromatic carbocycles. The van der Waals surface area contributed by atoms with Crippen LogP contribution in [0.4, 0.5) is 11.8 Å². The second-order valence-corrected chi connectivity index (χ2v) is 6.77. The van der Waals surface area contributed by atoms with Gasteiger partial charge in [-0.3, -0.25) is 9.97 Å². The van der Waals surface area contributed by atoms with E-state index in [1.54, 1.807) is 25.7 Å². The number of hydrogen-bond acceptors (Lipinski definition) is 8. The van der Waals surface area contributed by atoms with Crippen molar-refractivity contribution in [1.82, 2.24) is 25.3 Å². The van der Waals surface area contributed by atoms with E-state index in [0.717, 1.165) is 49.6 Å². The first-order valence-electron chi connectivity index (χ1n) is 9.13. The first-order chi connectivity index (χ1) is 12.8. The summed E-state index contributed by atoms with van der Waals surface area (Å²) in [4.78, 5) is 20.1. The van der Waals surface area contributed by atoms with E-state index < -0.39 is 0 Å². The molecule has 0 radical (unpaired) electrons. The van der Waals surface area contributed by atoms with E-state index in [0.29, 0.717) is 5.95 Å². The van der Waals surface area contributed by atoms with Crippen molar-refractivity contribution in [2.45, 2.75) is 37.5 Å². The Balaban J connectivity index is 1.50. The van der Waals surface area contributed by atoms with Crippen molar-refractivity contribution in [1.29, 1.82) is 0 Å². The highest BCUT2D eigenvalue weighted by Gasteiger charge is 2.36. The van der Waals surface area contributed by atoms with E-state index in [9.17, 15) is 0 Å². The molecule has 1 aliphatic heterocycles. The standard InChI is InChI=1S/C18H25N7O/c1-19-18-22-7-6-16(24-18)25-10-14(15(11-25)26-2)23-13-5-3-4-12-17(13)21-9-8-20-12/h6-9,13-15,23H,3-5,10-11H2,1-2H3,(H,19,22,24)/t13?,14-,15+/m1/s1. The maximum absolute atomic E-state index is 5.76. The smallest absolute Gasteiger partial charge is 0.224 e. The van der Waals surface area contributed by atoms with Crippen molar-refractivity contribution in [3.63, 3.8) is 0 Å². The Bertz CT molecular complexity index is 756. The average Bonchev–Trinajstić information content (AvgIpc) is 3.11. The van der Waals surface area contributed by atoms with Crippen LogP contribution >= 0.6 is 0 Å². The maximum Gasteiger partial charge on any atom is 0.224 e. The normalized spacial score (nSPS) is 25.2. The third kappa shape index (κ3) is 3.34. The zero-order chi connectivity index (χ0) is 17.9. The molecule has 1 fully saturated rings. The van der Waals surface area contributed by atoms with Crippen LogP contribution < -0.4 is 15.5 Å². The largest absolute Gasteiger partial charge is 0.378 e. The fourth-order valence-corrected chi connectivity index (χ4v) is 3.90. The summed E-state index contributed by atoms with van der Waals surface area (Å²) in [5.41, 5.74) is 2.21. The van der Waals surface area contributed by atoms with Gasteiger partial charge in [0.2, 0.25) is 5.95 Å². The first-order valence-corrected chi connectivity index (χ1v) is 9.13. The first kappa shape index (κ1) is 17.1. The molecular formula is C18H25N7O. The van der Waals surface area contributed by atoms with E-state index >= 15 is 0 Å². The highest BCUT2D eigenvalue weighted by molar-refractivity contribution is 5.44. The van der Waals surface area contributed by atoms with Crippen LogP contribution in [0.2, 0.25) is 0 Å². The van der Waals surface area contributed by atoms with Crippen molar-refractivity contribution < 1.29 is 4.74 Å². The molecule has 0 saturated carbocycles. The van der Waals surface area contributed by atoms with Gasteiger partial charge < -0.3 is 20.3 Å². The minimum absolute atomic E-state index is 0.102. The summed E-state index contributed by atoms with van der Waals surface area (Å²) in [7, 11) is 3.60. The number of fused-ring (bicyclic) bond motifs is 1. The fraction of sp³-hybridized carbons (Fsp3) is 0.556. The Morgan fingerprint density at radius 2 is 2.04 bits per heavy atom. The lowest BCUT2D eigenvalue weighted by molar-refractivity contribution is 0.0918. The van der Waals surface area contributed by atoms with E-state index in [-0.39, 0.29) is 18.2 Å². The second kappa shape index (κ2) is 7.51. The zero-order valence-corrected chi connectivity index (χ0v) is 15.2. The third-order valence-electron chi connectivity index (χ3n) is 5.22. The predicted molar refractivity (Wildman–Crippen MR) is 99.2 cm³/mol. The van der Waals surface area contributed by atoms with Crippen LogP contribution in [0.5, 0.6) is 0 Å². The van der Waals surface area contributed by atoms with Crippen LogP contribution in [0, 0.1) is 0 Å². The molecule has 4 rings (SSSR count). The fourth-order valence-electron chi connectivity index (χ4n) is 3.90. The Morgan fingerprint density at radius 3 is 2.88 bits per heavy atom. The van der Waals surface area contributed by atoms with Gasteiger partial charge in [-0.2, -0.15) is 4.98 Å². The lowest BCUT2D eigenvalue weighted by atomic mass is 9.94. The molecule has 8 nitrogen and oxygen atoms in total. The summed E-state index contributed by atoms with van der Waals surface area (Å²) in [6, 6.07) is 2.39. The SMILES string of the molecule is CNc1nccc(N2C[C@H](OC)[C@H](NC3CCCc4nccnc43)C2)n1. The highest BCUT2D eigenvalue weighted by Crippen LogP contribution is 2.29. The van der Waals surface area contributed by atoms with Gasteiger partial charge in [0.1, 0.15) is 5.82 Å². The third-order valence-corrected chi connectivity index (χ3v) is 5.22. The van der Waals surface area contributed by atoms with Crippen LogP contribution in [0.1, 0.15) is 30.3 Å². The maximum atomic E-state index is 5.76. The topological polar surface area (TPSA) is 88.1 Å². The van der Waals surface area contributed by atoms with Crippen molar-refractivity contribution in [2.24, 2.45) is 0 Å². The van der Waals surface area contributed by atoms with Gasteiger partial charge in [-0.05, 0) is 25.3 Å². The minimum Gasteiger partial charge on any atom is -0.378 e. The van der Waals surface area contributed by atoms with Gasteiger partial charge >= 0.3 is 0 Å². The van der Waals surface area contributed by atoms with E-state index in [2.05, 4.69) is 35.5 Å². The monoisotopic (exact) mass is 355 g/mol. The van der Waals surface area contributed by atoms with Crippen LogP contribution in [-0.2, 0) is 11.2 Å². The summed E-state index contributed by atoms with van der Waals surface area (Å²) in [6.45, 7) is 1.64. The van der Waals surface area contributed by atoms with Gasteiger partial charge in [0.25, 0.3) is 0 Å². The summed E-state index contributed by atoms with van der Waals surface area (Å²) < 4.78 is 5.76. The lowest BCUT2D eigenvalue weighted by Crippen LogP contribution is -2.43. The molecule has 0 amide bonds. The van der Waals surface area contributed by atoms with Gasteiger partial charge in [0, 0.05) is 45.8 Å². The number of aryl methyl sites for hydroxylation is 1. The van der Waals surface area contributed by atoms with Crippen LogP contribution in [0.3, 0.4) is 0 Å². The highest BCUT2D eigenvalue weighted by atomic mass is 16.5. The van der Waals surface area contributed by atoms with Crippen molar-refractivity contribution in [3.05, 3.63) is 36.0 Å². The number of ether oxygens (including phenoxy) is 1.